The lowest BCUT2D eigenvalue weighted by atomic mass is 9.88. The molecule has 3 aliphatic rings. The average Bonchev–Trinajstić information content (AvgIpc) is 3.38. The second-order valence-electron chi connectivity index (χ2n) is 11.2. The molecule has 1 aliphatic carbocycles. The van der Waals surface area contributed by atoms with Gasteiger partial charge in [0.1, 0.15) is 17.0 Å². The molecular weight excluding hydrogens is 496 g/mol. The molecule has 2 fully saturated rings. The summed E-state index contributed by atoms with van der Waals surface area (Å²) in [4.78, 5) is 33.4. The smallest absolute Gasteiger partial charge is 0.293 e. The van der Waals surface area contributed by atoms with E-state index in [1.54, 1.807) is 24.5 Å². The largest absolute Gasteiger partial charge is 0.482 e. The van der Waals surface area contributed by atoms with Crippen LogP contribution in [0.15, 0.2) is 42.7 Å². The quantitative estimate of drug-likeness (QED) is 0.346. The first-order valence-electron chi connectivity index (χ1n) is 13.8. The lowest BCUT2D eigenvalue weighted by molar-refractivity contribution is -0.384. The van der Waals surface area contributed by atoms with Gasteiger partial charge in [-0.1, -0.05) is 25.3 Å². The molecule has 2 aliphatic heterocycles. The third-order valence-corrected chi connectivity index (χ3v) is 8.31. The third-order valence-electron chi connectivity index (χ3n) is 8.31. The lowest BCUT2D eigenvalue weighted by Crippen LogP contribution is -2.50. The van der Waals surface area contributed by atoms with E-state index in [1.807, 2.05) is 46.5 Å². The zero-order chi connectivity index (χ0) is 27.1. The number of pyridine rings is 1. The zero-order valence-corrected chi connectivity index (χ0v) is 22.5. The highest BCUT2D eigenvalue weighted by Crippen LogP contribution is 2.49. The monoisotopic (exact) mass is 530 g/mol. The van der Waals surface area contributed by atoms with Crippen LogP contribution >= 0.6 is 0 Å². The van der Waals surface area contributed by atoms with Gasteiger partial charge >= 0.3 is 0 Å². The van der Waals surface area contributed by atoms with Crippen LogP contribution in [0.3, 0.4) is 0 Å². The number of benzene rings is 1. The number of rotatable bonds is 5. The van der Waals surface area contributed by atoms with Gasteiger partial charge in [-0.2, -0.15) is 5.10 Å². The summed E-state index contributed by atoms with van der Waals surface area (Å²) in [6, 6.07) is 9.15. The summed E-state index contributed by atoms with van der Waals surface area (Å²) in [5.74, 6) is 0.966. The molecule has 0 radical (unpaired) electrons. The van der Waals surface area contributed by atoms with Crippen LogP contribution in [0.25, 0.3) is 11.3 Å². The summed E-state index contributed by atoms with van der Waals surface area (Å²) in [7, 11) is 0. The van der Waals surface area contributed by atoms with Gasteiger partial charge in [0.15, 0.2) is 0 Å². The van der Waals surface area contributed by atoms with Crippen molar-refractivity contribution in [3.8, 4) is 17.0 Å². The summed E-state index contributed by atoms with van der Waals surface area (Å²) in [6.45, 7) is 6.64. The molecule has 2 aromatic heterocycles. The molecule has 3 aromatic rings. The van der Waals surface area contributed by atoms with Crippen LogP contribution < -0.4 is 9.64 Å². The fraction of sp³-hybridized carbons (Fsp3) is 0.483. The molecule has 1 amide bonds. The number of hydrogen-bond acceptors (Lipinski definition) is 7. The van der Waals surface area contributed by atoms with Gasteiger partial charge in [0, 0.05) is 61.6 Å². The molecule has 39 heavy (non-hydrogen) atoms. The molecule has 6 rings (SSSR count). The van der Waals surface area contributed by atoms with Crippen molar-refractivity contribution in [3.63, 3.8) is 0 Å². The zero-order valence-electron chi connectivity index (χ0n) is 22.5. The van der Waals surface area contributed by atoms with Crippen LogP contribution in [0.2, 0.25) is 0 Å². The van der Waals surface area contributed by atoms with Crippen LogP contribution in [0.4, 0.5) is 11.4 Å². The van der Waals surface area contributed by atoms with Crippen molar-refractivity contribution in [2.75, 3.05) is 31.1 Å². The molecular formula is C29H34N6O4. The van der Waals surface area contributed by atoms with Crippen LogP contribution in [0.5, 0.6) is 5.75 Å². The highest BCUT2D eigenvalue weighted by molar-refractivity contribution is 5.82. The predicted molar refractivity (Wildman–Crippen MR) is 147 cm³/mol. The normalized spacial score (nSPS) is 18.7. The van der Waals surface area contributed by atoms with Crippen molar-refractivity contribution in [2.45, 2.75) is 58.1 Å². The number of nitrogens with zero attached hydrogens (tertiary/aromatic N) is 6. The highest BCUT2D eigenvalue weighted by Gasteiger charge is 2.39. The SMILES string of the molecule is CC1(C)Oc2cc(N3CCN(C(=O)C4CCCCC4)CC3)c([N+](=O)[O-])cc2-c2c1cnn2Cc1ccccn1. The van der Waals surface area contributed by atoms with Gasteiger partial charge < -0.3 is 14.5 Å². The van der Waals surface area contributed by atoms with E-state index in [0.29, 0.717) is 49.7 Å². The second-order valence-corrected chi connectivity index (χ2v) is 11.2. The fourth-order valence-corrected chi connectivity index (χ4v) is 6.21. The molecule has 10 nitrogen and oxygen atoms in total. The van der Waals surface area contributed by atoms with E-state index < -0.39 is 5.60 Å². The Morgan fingerprint density at radius 2 is 1.90 bits per heavy atom. The van der Waals surface area contributed by atoms with Gasteiger partial charge in [-0.15, -0.1) is 0 Å². The van der Waals surface area contributed by atoms with E-state index in [0.717, 1.165) is 42.6 Å². The Morgan fingerprint density at radius 3 is 2.59 bits per heavy atom. The van der Waals surface area contributed by atoms with E-state index in [-0.39, 0.29) is 22.4 Å². The number of aromatic nitrogens is 3. The number of carbonyl (C=O) groups is 1. The molecule has 0 unspecified atom stereocenters. The van der Waals surface area contributed by atoms with Crippen molar-refractivity contribution in [1.82, 2.24) is 19.7 Å². The Morgan fingerprint density at radius 1 is 1.13 bits per heavy atom. The van der Waals surface area contributed by atoms with Gasteiger partial charge in [0.2, 0.25) is 5.91 Å². The summed E-state index contributed by atoms with van der Waals surface area (Å²) in [5, 5.41) is 16.9. The standard InChI is InChI=1S/C29H34N6O4/c1-29(2)23-18-31-34(19-21-10-6-7-11-30-21)27(23)22-16-25(35(37)38)24(17-26(22)39-29)32-12-14-33(15-13-32)28(36)20-8-4-3-5-9-20/h6-7,10-11,16-18,20H,3-5,8-9,12-15,19H2,1-2H3. The lowest BCUT2D eigenvalue weighted by Gasteiger charge is -2.38. The molecule has 0 bridgehead atoms. The number of carbonyl (C=O) groups excluding carboxylic acids is 1. The molecule has 0 atom stereocenters. The number of ether oxygens (including phenoxy) is 1. The number of nitro groups is 1. The van der Waals surface area contributed by atoms with Crippen LogP contribution in [0.1, 0.15) is 57.2 Å². The van der Waals surface area contributed by atoms with Crippen molar-refractivity contribution in [3.05, 3.63) is 64.1 Å². The minimum atomic E-state index is -0.663. The Balaban J connectivity index is 1.31. The van der Waals surface area contributed by atoms with Crippen LogP contribution in [0, 0.1) is 16.0 Å². The number of piperazine rings is 1. The molecule has 1 saturated carbocycles. The van der Waals surface area contributed by atoms with E-state index in [1.165, 1.54) is 6.42 Å². The minimum Gasteiger partial charge on any atom is -0.482 e. The van der Waals surface area contributed by atoms with Gasteiger partial charge in [0.05, 0.1) is 29.1 Å². The minimum absolute atomic E-state index is 0.0284. The Hall–Kier alpha value is -3.95. The third kappa shape index (κ3) is 4.72. The van der Waals surface area contributed by atoms with Gasteiger partial charge in [0.25, 0.3) is 5.69 Å². The molecule has 4 heterocycles. The van der Waals surface area contributed by atoms with Crippen molar-refractivity contribution >= 4 is 17.3 Å². The molecule has 10 heteroatoms. The molecule has 0 spiro atoms. The van der Waals surface area contributed by atoms with Crippen molar-refractivity contribution in [1.29, 1.82) is 0 Å². The number of fused-ring (bicyclic) bond motifs is 3. The second kappa shape index (κ2) is 9.98. The summed E-state index contributed by atoms with van der Waals surface area (Å²) in [6.07, 6.45) is 8.93. The molecule has 204 valence electrons. The Kier molecular flexibility index (Phi) is 6.48. The maximum Gasteiger partial charge on any atom is 0.293 e. The molecule has 1 saturated heterocycles. The van der Waals surface area contributed by atoms with E-state index in [2.05, 4.69) is 10.1 Å². The average molecular weight is 531 g/mol. The Bertz CT molecular complexity index is 1390. The maximum atomic E-state index is 13.1. The van der Waals surface area contributed by atoms with Crippen LogP contribution in [-0.2, 0) is 16.9 Å². The number of amides is 1. The fourth-order valence-electron chi connectivity index (χ4n) is 6.21. The number of anilines is 1. The maximum absolute atomic E-state index is 13.1. The topological polar surface area (TPSA) is 107 Å². The summed E-state index contributed by atoms with van der Waals surface area (Å²) in [5.41, 5.74) is 3.08. The highest BCUT2D eigenvalue weighted by atomic mass is 16.6. The van der Waals surface area contributed by atoms with Gasteiger partial charge in [-0.25, -0.2) is 0 Å². The first-order chi connectivity index (χ1) is 18.8. The van der Waals surface area contributed by atoms with Crippen molar-refractivity contribution in [2.24, 2.45) is 5.92 Å². The molecule has 0 N–H and O–H groups in total. The van der Waals surface area contributed by atoms with Gasteiger partial charge in [-0.3, -0.25) is 24.6 Å². The summed E-state index contributed by atoms with van der Waals surface area (Å²) >= 11 is 0. The number of nitro benzene ring substituents is 1. The molecule has 1 aromatic carbocycles. The van der Waals surface area contributed by atoms with Crippen LogP contribution in [-0.4, -0.2) is 56.7 Å². The van der Waals surface area contributed by atoms with E-state index in [4.69, 9.17) is 4.74 Å². The predicted octanol–water partition coefficient (Wildman–Crippen LogP) is 4.76. The first-order valence-corrected chi connectivity index (χ1v) is 13.8. The van der Waals surface area contributed by atoms with E-state index >= 15 is 0 Å². The van der Waals surface area contributed by atoms with Gasteiger partial charge in [-0.05, 0) is 38.8 Å². The summed E-state index contributed by atoms with van der Waals surface area (Å²) < 4.78 is 8.28. The Labute approximate surface area is 227 Å². The number of hydrogen-bond donors (Lipinski definition) is 0. The first kappa shape index (κ1) is 25.3. The van der Waals surface area contributed by atoms with E-state index in [9.17, 15) is 14.9 Å². The van der Waals surface area contributed by atoms with Crippen molar-refractivity contribution < 1.29 is 14.5 Å².